The Hall–Kier alpha value is -2.17. The number of ether oxygens (including phenoxy) is 1. The van der Waals surface area contributed by atoms with Gasteiger partial charge in [-0.05, 0) is 69.9 Å². The fraction of sp³-hybridized carbons (Fsp3) is 0.500. The van der Waals surface area contributed by atoms with Crippen molar-refractivity contribution >= 4 is 5.97 Å². The number of nitrogens with zero attached hydrogens (tertiary/aromatic N) is 2. The number of benzene rings is 2. The highest BCUT2D eigenvalue weighted by molar-refractivity contribution is 5.83. The zero-order chi connectivity index (χ0) is 20.8. The molecule has 2 aliphatic rings. The molecule has 2 aromatic rings. The normalized spacial score (nSPS) is 20.7. The molecule has 160 valence electrons. The van der Waals surface area contributed by atoms with E-state index < -0.39 is 5.41 Å². The van der Waals surface area contributed by atoms with Gasteiger partial charge in [0, 0.05) is 12.6 Å². The minimum atomic E-state index is -0.510. The van der Waals surface area contributed by atoms with Crippen molar-refractivity contribution in [2.45, 2.75) is 44.1 Å². The summed E-state index contributed by atoms with van der Waals surface area (Å²) in [6.07, 6.45) is 4.22. The van der Waals surface area contributed by atoms with Gasteiger partial charge < -0.3 is 9.64 Å². The summed E-state index contributed by atoms with van der Waals surface area (Å²) in [4.78, 5) is 18.2. The van der Waals surface area contributed by atoms with Crippen LogP contribution in [0.15, 0.2) is 60.7 Å². The first kappa shape index (κ1) is 21.1. The van der Waals surface area contributed by atoms with Crippen LogP contribution >= 0.6 is 0 Å². The molecule has 0 bridgehead atoms. The van der Waals surface area contributed by atoms with Crippen molar-refractivity contribution in [1.82, 2.24) is 9.80 Å². The van der Waals surface area contributed by atoms with Gasteiger partial charge in [-0.15, -0.1) is 0 Å². The van der Waals surface area contributed by atoms with E-state index >= 15 is 0 Å². The third kappa shape index (κ3) is 4.45. The lowest BCUT2D eigenvalue weighted by Gasteiger charge is -2.42. The quantitative estimate of drug-likeness (QED) is 0.637. The predicted octanol–water partition coefficient (Wildman–Crippen LogP) is 4.42. The molecule has 0 spiro atoms. The molecule has 0 radical (unpaired) electrons. The first-order valence-electron chi connectivity index (χ1n) is 11.5. The van der Waals surface area contributed by atoms with Crippen molar-refractivity contribution in [1.29, 1.82) is 0 Å². The van der Waals surface area contributed by atoms with E-state index in [-0.39, 0.29) is 5.97 Å². The summed E-state index contributed by atoms with van der Waals surface area (Å²) < 4.78 is 5.54. The highest BCUT2D eigenvalue weighted by atomic mass is 16.5. The third-order valence-corrected chi connectivity index (χ3v) is 6.90. The average Bonchev–Trinajstić information content (AvgIpc) is 3.34. The van der Waals surface area contributed by atoms with Crippen LogP contribution in [0.5, 0.6) is 0 Å². The summed E-state index contributed by atoms with van der Waals surface area (Å²) in [5.41, 5.74) is 2.00. The van der Waals surface area contributed by atoms with Crippen molar-refractivity contribution < 1.29 is 9.53 Å². The van der Waals surface area contributed by atoms with Crippen molar-refractivity contribution in [2.75, 3.05) is 39.3 Å². The predicted molar refractivity (Wildman–Crippen MR) is 120 cm³/mol. The van der Waals surface area contributed by atoms with Crippen LogP contribution in [0.4, 0.5) is 0 Å². The second-order valence-corrected chi connectivity index (χ2v) is 8.64. The summed E-state index contributed by atoms with van der Waals surface area (Å²) in [6.45, 7) is 7.57. The minimum Gasteiger partial charge on any atom is -0.465 e. The van der Waals surface area contributed by atoms with Crippen LogP contribution in [0.25, 0.3) is 0 Å². The molecular weight excluding hydrogens is 372 g/mol. The van der Waals surface area contributed by atoms with Gasteiger partial charge in [0.2, 0.25) is 0 Å². The standard InChI is InChI=1S/C26H34N2O2/c1-2-30-25(29)26(23-13-7-4-8-14-23)15-19-27(20-16-26)21-24(28-17-9-10-18-28)22-11-5-3-6-12-22/h3-8,11-14,24H,2,9-10,15-21H2,1H3. The van der Waals surface area contributed by atoms with Gasteiger partial charge in [0.15, 0.2) is 0 Å². The van der Waals surface area contributed by atoms with Crippen LogP contribution in [0.3, 0.4) is 0 Å². The molecule has 2 aliphatic heterocycles. The van der Waals surface area contributed by atoms with Crippen molar-refractivity contribution in [3.8, 4) is 0 Å². The monoisotopic (exact) mass is 406 g/mol. The lowest BCUT2D eigenvalue weighted by atomic mass is 9.72. The number of carbonyl (C=O) groups is 1. The van der Waals surface area contributed by atoms with Crippen molar-refractivity contribution in [2.24, 2.45) is 0 Å². The largest absolute Gasteiger partial charge is 0.465 e. The van der Waals surface area contributed by atoms with E-state index in [1.54, 1.807) is 0 Å². The fourth-order valence-corrected chi connectivity index (χ4v) is 5.16. The molecule has 0 aromatic heterocycles. The molecule has 4 nitrogen and oxygen atoms in total. The number of piperidine rings is 1. The second kappa shape index (κ2) is 9.76. The molecule has 4 heteroatoms. The summed E-state index contributed by atoms with van der Waals surface area (Å²) in [6, 6.07) is 21.6. The van der Waals surface area contributed by atoms with E-state index in [0.29, 0.717) is 12.6 Å². The van der Waals surface area contributed by atoms with Crippen LogP contribution in [-0.4, -0.2) is 55.1 Å². The Bertz CT molecular complexity index is 794. The number of likely N-dealkylation sites (tertiary alicyclic amines) is 2. The Morgan fingerprint density at radius 1 is 0.933 bits per heavy atom. The van der Waals surface area contributed by atoms with Crippen LogP contribution < -0.4 is 0 Å². The summed E-state index contributed by atoms with van der Waals surface area (Å²) in [5, 5.41) is 0. The average molecular weight is 407 g/mol. The topological polar surface area (TPSA) is 32.8 Å². The van der Waals surface area contributed by atoms with E-state index in [4.69, 9.17) is 4.74 Å². The maximum atomic E-state index is 13.0. The van der Waals surface area contributed by atoms with Crippen LogP contribution in [0.2, 0.25) is 0 Å². The number of hydrogen-bond acceptors (Lipinski definition) is 4. The van der Waals surface area contributed by atoms with Crippen molar-refractivity contribution in [3.63, 3.8) is 0 Å². The highest BCUT2D eigenvalue weighted by Crippen LogP contribution is 2.38. The molecule has 30 heavy (non-hydrogen) atoms. The number of esters is 1. The molecule has 2 aromatic carbocycles. The maximum absolute atomic E-state index is 13.0. The van der Waals surface area contributed by atoms with E-state index in [1.165, 1.54) is 31.5 Å². The van der Waals surface area contributed by atoms with Crippen molar-refractivity contribution in [3.05, 3.63) is 71.8 Å². The Balaban J connectivity index is 1.49. The van der Waals surface area contributed by atoms with Crippen LogP contribution in [-0.2, 0) is 14.9 Å². The van der Waals surface area contributed by atoms with Gasteiger partial charge in [-0.1, -0.05) is 60.7 Å². The molecule has 1 atom stereocenters. The Labute approximate surface area is 180 Å². The molecule has 1 unspecified atom stereocenters. The molecule has 2 fully saturated rings. The highest BCUT2D eigenvalue weighted by Gasteiger charge is 2.44. The molecule has 0 N–H and O–H groups in total. The molecule has 2 heterocycles. The Morgan fingerprint density at radius 2 is 1.53 bits per heavy atom. The molecule has 4 rings (SSSR count). The first-order valence-corrected chi connectivity index (χ1v) is 11.5. The van der Waals surface area contributed by atoms with E-state index in [0.717, 1.165) is 38.0 Å². The lowest BCUT2D eigenvalue weighted by Crippen LogP contribution is -2.49. The summed E-state index contributed by atoms with van der Waals surface area (Å²) >= 11 is 0. The van der Waals surface area contributed by atoms with Gasteiger partial charge in [-0.2, -0.15) is 0 Å². The summed E-state index contributed by atoms with van der Waals surface area (Å²) in [5.74, 6) is -0.0602. The SMILES string of the molecule is CCOC(=O)C1(c2ccccc2)CCN(CC(c2ccccc2)N2CCCC2)CC1. The zero-order valence-corrected chi connectivity index (χ0v) is 18.1. The zero-order valence-electron chi connectivity index (χ0n) is 18.1. The lowest BCUT2D eigenvalue weighted by molar-refractivity contribution is -0.152. The van der Waals surface area contributed by atoms with Gasteiger partial charge in [-0.25, -0.2) is 0 Å². The maximum Gasteiger partial charge on any atom is 0.316 e. The minimum absolute atomic E-state index is 0.0602. The first-order chi connectivity index (χ1) is 14.7. The number of rotatable bonds is 7. The summed E-state index contributed by atoms with van der Waals surface area (Å²) in [7, 11) is 0. The van der Waals surface area contributed by atoms with Gasteiger partial charge in [0.1, 0.15) is 0 Å². The molecule has 2 saturated heterocycles. The number of hydrogen-bond donors (Lipinski definition) is 0. The van der Waals surface area contributed by atoms with Crippen LogP contribution in [0, 0.1) is 0 Å². The van der Waals surface area contributed by atoms with Gasteiger partial charge in [0.05, 0.1) is 12.0 Å². The molecule has 0 amide bonds. The van der Waals surface area contributed by atoms with E-state index in [1.807, 2.05) is 25.1 Å². The number of carbonyl (C=O) groups excluding carboxylic acids is 1. The van der Waals surface area contributed by atoms with Crippen LogP contribution in [0.1, 0.15) is 49.8 Å². The Morgan fingerprint density at radius 3 is 2.13 bits per heavy atom. The van der Waals surface area contributed by atoms with Gasteiger partial charge in [-0.3, -0.25) is 9.69 Å². The van der Waals surface area contributed by atoms with E-state index in [9.17, 15) is 4.79 Å². The molecule has 0 saturated carbocycles. The second-order valence-electron chi connectivity index (χ2n) is 8.64. The molecular formula is C26H34N2O2. The third-order valence-electron chi connectivity index (χ3n) is 6.90. The fourth-order valence-electron chi connectivity index (χ4n) is 5.16. The van der Waals surface area contributed by atoms with Gasteiger partial charge in [0.25, 0.3) is 0 Å². The molecule has 0 aliphatic carbocycles. The Kier molecular flexibility index (Phi) is 6.86. The van der Waals surface area contributed by atoms with E-state index in [2.05, 4.69) is 52.3 Å². The van der Waals surface area contributed by atoms with Gasteiger partial charge >= 0.3 is 5.97 Å². The smallest absolute Gasteiger partial charge is 0.316 e.